The molecule has 0 saturated carbocycles. The number of H-pyrrole nitrogens is 1. The number of aromatic amines is 1. The molecular weight excluding hydrogens is 388 g/mol. The van der Waals surface area contributed by atoms with Crippen molar-refractivity contribution in [2.24, 2.45) is 10.7 Å². The number of benzene rings is 2. The molecule has 0 atom stereocenters. The Kier molecular flexibility index (Phi) is 7.43. The van der Waals surface area contributed by atoms with Gasteiger partial charge in [-0.3, -0.25) is 14.2 Å². The van der Waals surface area contributed by atoms with Gasteiger partial charge in [0, 0.05) is 25.4 Å². The Morgan fingerprint density at radius 3 is 2.59 bits per heavy atom. The summed E-state index contributed by atoms with van der Waals surface area (Å²) in [6.45, 7) is 3.75. The summed E-state index contributed by atoms with van der Waals surface area (Å²) < 4.78 is 13.8. The van der Waals surface area contributed by atoms with Crippen LogP contribution in [-0.2, 0) is 4.74 Å². The van der Waals surface area contributed by atoms with Gasteiger partial charge in [-0.25, -0.2) is 0 Å². The Morgan fingerprint density at radius 2 is 1.86 bits per heavy atom. The van der Waals surface area contributed by atoms with E-state index in [2.05, 4.69) is 14.7 Å². The molecule has 29 heavy (non-hydrogen) atoms. The number of ether oxygens (including phenoxy) is 2. The van der Waals surface area contributed by atoms with Crippen molar-refractivity contribution in [1.82, 2.24) is 4.37 Å². The van der Waals surface area contributed by atoms with Crippen molar-refractivity contribution in [3.05, 3.63) is 70.5 Å². The molecule has 7 nitrogen and oxygen atoms in total. The first kappa shape index (κ1) is 20.6. The summed E-state index contributed by atoms with van der Waals surface area (Å²) in [4.78, 5) is 16.5. The molecule has 1 heterocycles. The molecule has 2 aromatic carbocycles. The van der Waals surface area contributed by atoms with Crippen LogP contribution in [0.2, 0.25) is 0 Å². The first-order chi connectivity index (χ1) is 14.2. The zero-order chi connectivity index (χ0) is 20.5. The number of hydrogen-bond acceptors (Lipinski definition) is 6. The predicted molar refractivity (Wildman–Crippen MR) is 118 cm³/mol. The molecule has 0 amide bonds. The van der Waals surface area contributed by atoms with Crippen LogP contribution >= 0.6 is 11.5 Å². The summed E-state index contributed by atoms with van der Waals surface area (Å²) in [5.74, 6) is 1.71. The first-order valence-corrected chi connectivity index (χ1v) is 10.2. The molecule has 0 fully saturated rings. The van der Waals surface area contributed by atoms with E-state index in [0.717, 1.165) is 23.6 Å². The summed E-state index contributed by atoms with van der Waals surface area (Å²) >= 11 is 1.19. The van der Waals surface area contributed by atoms with E-state index >= 15 is 0 Å². The van der Waals surface area contributed by atoms with Crippen molar-refractivity contribution in [2.45, 2.75) is 13.3 Å². The summed E-state index contributed by atoms with van der Waals surface area (Å²) in [7, 11) is 0. The maximum absolute atomic E-state index is 12.2. The number of nitrogens with zero attached hydrogens (tertiary/aromatic N) is 1. The van der Waals surface area contributed by atoms with Gasteiger partial charge in [0.15, 0.2) is 0 Å². The number of para-hydroxylation sites is 1. The standard InChI is InChI=1S/C21H24N4O3S/c1-2-27-14-6-13-23-19(22)18-20(26)25-29-21(18)24-15-9-11-17(12-10-15)28-16-7-4-3-5-8-16/h3-5,7-12,24H,2,6,13-14H2,1H3,(H2,22,23)(H,25,26). The number of aliphatic imine (C=N–C) groups is 1. The first-order valence-electron chi connectivity index (χ1n) is 9.37. The van der Waals surface area contributed by atoms with Crippen molar-refractivity contribution in [1.29, 1.82) is 0 Å². The van der Waals surface area contributed by atoms with Gasteiger partial charge in [-0.2, -0.15) is 0 Å². The smallest absolute Gasteiger partial charge is 0.271 e. The summed E-state index contributed by atoms with van der Waals surface area (Å²) in [6.07, 6.45) is 0.752. The van der Waals surface area contributed by atoms with Crippen molar-refractivity contribution in [3.8, 4) is 11.5 Å². The Hall–Kier alpha value is -3.10. The lowest BCUT2D eigenvalue weighted by Gasteiger charge is -2.08. The third-order valence-corrected chi connectivity index (χ3v) is 4.78. The normalized spacial score (nSPS) is 11.4. The summed E-state index contributed by atoms with van der Waals surface area (Å²) in [6, 6.07) is 17.0. The van der Waals surface area contributed by atoms with Crippen LogP contribution in [0.5, 0.6) is 11.5 Å². The van der Waals surface area contributed by atoms with Gasteiger partial charge in [0.2, 0.25) is 0 Å². The Balaban J connectivity index is 1.66. The molecule has 0 radical (unpaired) electrons. The SMILES string of the molecule is CCOCCCN=C(N)c1c(Nc2ccc(Oc3ccccc3)cc2)s[nH]c1=O. The minimum absolute atomic E-state index is 0.218. The highest BCUT2D eigenvalue weighted by Gasteiger charge is 2.14. The Labute approximate surface area is 173 Å². The fourth-order valence-electron chi connectivity index (χ4n) is 2.57. The number of amidine groups is 1. The van der Waals surface area contributed by atoms with E-state index in [1.165, 1.54) is 11.5 Å². The quantitative estimate of drug-likeness (QED) is 0.264. The fourth-order valence-corrected chi connectivity index (χ4v) is 3.34. The fraction of sp³-hybridized carbons (Fsp3) is 0.238. The lowest BCUT2D eigenvalue weighted by Crippen LogP contribution is -2.22. The van der Waals surface area contributed by atoms with Gasteiger partial charge in [-0.15, -0.1) is 0 Å². The molecule has 3 rings (SSSR count). The van der Waals surface area contributed by atoms with E-state index in [4.69, 9.17) is 15.2 Å². The minimum atomic E-state index is -0.257. The largest absolute Gasteiger partial charge is 0.457 e. The van der Waals surface area contributed by atoms with Crippen molar-refractivity contribution < 1.29 is 9.47 Å². The van der Waals surface area contributed by atoms with Crippen LogP contribution < -0.4 is 21.3 Å². The molecule has 1 aromatic heterocycles. The van der Waals surface area contributed by atoms with Crippen LogP contribution in [-0.4, -0.2) is 30.0 Å². The molecule has 152 valence electrons. The molecule has 0 aliphatic heterocycles. The van der Waals surface area contributed by atoms with Gasteiger partial charge >= 0.3 is 0 Å². The van der Waals surface area contributed by atoms with Gasteiger partial charge in [0.05, 0.1) is 0 Å². The third-order valence-electron chi connectivity index (χ3n) is 3.98. The predicted octanol–water partition coefficient (Wildman–Crippen LogP) is 4.10. The number of hydrogen-bond donors (Lipinski definition) is 3. The van der Waals surface area contributed by atoms with E-state index in [9.17, 15) is 4.79 Å². The minimum Gasteiger partial charge on any atom is -0.457 e. The lowest BCUT2D eigenvalue weighted by atomic mass is 10.2. The van der Waals surface area contributed by atoms with Crippen molar-refractivity contribution in [2.75, 3.05) is 25.1 Å². The van der Waals surface area contributed by atoms with Crippen LogP contribution in [0.1, 0.15) is 18.9 Å². The molecule has 8 heteroatoms. The zero-order valence-corrected chi connectivity index (χ0v) is 17.0. The second-order valence-electron chi connectivity index (χ2n) is 6.12. The van der Waals surface area contributed by atoms with Crippen LogP contribution in [0.25, 0.3) is 0 Å². The molecule has 0 aliphatic rings. The van der Waals surface area contributed by atoms with Crippen LogP contribution in [0.15, 0.2) is 64.4 Å². The molecular formula is C21H24N4O3S. The highest BCUT2D eigenvalue weighted by molar-refractivity contribution is 7.10. The average Bonchev–Trinajstić information content (AvgIpc) is 3.10. The summed E-state index contributed by atoms with van der Waals surface area (Å²) in [5.41, 5.74) is 6.97. The van der Waals surface area contributed by atoms with Crippen LogP contribution in [0.3, 0.4) is 0 Å². The van der Waals surface area contributed by atoms with E-state index in [0.29, 0.717) is 30.3 Å². The van der Waals surface area contributed by atoms with Crippen LogP contribution in [0.4, 0.5) is 10.7 Å². The maximum Gasteiger partial charge on any atom is 0.271 e. The number of aromatic nitrogens is 1. The van der Waals surface area contributed by atoms with E-state index in [1.54, 1.807) is 0 Å². The maximum atomic E-state index is 12.2. The molecule has 0 unspecified atom stereocenters. The molecule has 0 bridgehead atoms. The van der Waals surface area contributed by atoms with E-state index in [-0.39, 0.29) is 11.4 Å². The number of nitrogens with one attached hydrogen (secondary N) is 2. The molecule has 0 spiro atoms. The highest BCUT2D eigenvalue weighted by atomic mass is 32.1. The number of anilines is 2. The topological polar surface area (TPSA) is 102 Å². The van der Waals surface area contributed by atoms with Crippen molar-refractivity contribution in [3.63, 3.8) is 0 Å². The van der Waals surface area contributed by atoms with Gasteiger partial charge in [-0.1, -0.05) is 18.2 Å². The molecule has 3 aromatic rings. The third kappa shape index (κ3) is 5.94. The van der Waals surface area contributed by atoms with E-state index < -0.39 is 0 Å². The Bertz CT molecular complexity index is 981. The van der Waals surface area contributed by atoms with Crippen molar-refractivity contribution >= 4 is 28.1 Å². The second kappa shape index (κ2) is 10.4. The molecule has 0 saturated heterocycles. The van der Waals surface area contributed by atoms with Gasteiger partial charge in [-0.05, 0) is 61.3 Å². The van der Waals surface area contributed by atoms with Gasteiger partial charge < -0.3 is 20.5 Å². The average molecular weight is 413 g/mol. The Morgan fingerprint density at radius 1 is 1.14 bits per heavy atom. The van der Waals surface area contributed by atoms with E-state index in [1.807, 2.05) is 61.5 Å². The van der Waals surface area contributed by atoms with Gasteiger partial charge in [0.1, 0.15) is 27.9 Å². The van der Waals surface area contributed by atoms with Gasteiger partial charge in [0.25, 0.3) is 5.56 Å². The second-order valence-corrected chi connectivity index (χ2v) is 6.94. The number of nitrogens with two attached hydrogens (primary N) is 1. The molecule has 0 aliphatic carbocycles. The zero-order valence-electron chi connectivity index (χ0n) is 16.2. The highest BCUT2D eigenvalue weighted by Crippen LogP contribution is 2.26. The molecule has 4 N–H and O–H groups in total. The monoisotopic (exact) mass is 412 g/mol. The summed E-state index contributed by atoms with van der Waals surface area (Å²) in [5, 5.41) is 3.85. The van der Waals surface area contributed by atoms with Crippen LogP contribution in [0, 0.1) is 0 Å². The lowest BCUT2D eigenvalue weighted by molar-refractivity contribution is 0.146. The number of rotatable bonds is 10.